The number of nitrogens with one attached hydrogen (secondary N) is 1. The number of benzene rings is 1. The zero-order valence-corrected chi connectivity index (χ0v) is 12.7. The molecule has 1 unspecified atom stereocenters. The van der Waals surface area contributed by atoms with Crippen LogP contribution in [0.4, 0.5) is 0 Å². The van der Waals surface area contributed by atoms with Gasteiger partial charge in [-0.05, 0) is 67.1 Å². The molecule has 0 saturated heterocycles. The Balaban J connectivity index is 1.52. The number of amides is 1. The summed E-state index contributed by atoms with van der Waals surface area (Å²) >= 11 is 0. The molecule has 1 aromatic carbocycles. The van der Waals surface area contributed by atoms with Crippen molar-refractivity contribution in [2.24, 2.45) is 0 Å². The minimum Gasteiger partial charge on any atom is -0.484 e. The molecule has 1 aliphatic rings. The predicted molar refractivity (Wildman–Crippen MR) is 84.8 cm³/mol. The molecule has 22 heavy (non-hydrogen) atoms. The number of aromatic nitrogens is 1. The van der Waals surface area contributed by atoms with E-state index < -0.39 is 0 Å². The molecule has 1 heterocycles. The van der Waals surface area contributed by atoms with E-state index in [1.165, 1.54) is 17.5 Å². The van der Waals surface area contributed by atoms with E-state index in [1.54, 1.807) is 12.4 Å². The van der Waals surface area contributed by atoms with Crippen LogP contribution in [-0.2, 0) is 17.6 Å². The smallest absolute Gasteiger partial charge is 0.258 e. The topological polar surface area (TPSA) is 51.2 Å². The fraction of sp³-hybridized carbons (Fsp3) is 0.333. The summed E-state index contributed by atoms with van der Waals surface area (Å²) in [5.74, 6) is 0.650. The summed E-state index contributed by atoms with van der Waals surface area (Å²) in [4.78, 5) is 16.0. The number of hydrogen-bond acceptors (Lipinski definition) is 3. The molecule has 2 aromatic rings. The van der Waals surface area contributed by atoms with Gasteiger partial charge < -0.3 is 10.1 Å². The van der Waals surface area contributed by atoms with E-state index in [1.807, 2.05) is 25.1 Å². The highest BCUT2D eigenvalue weighted by Crippen LogP contribution is 2.25. The maximum Gasteiger partial charge on any atom is 0.258 e. The maximum atomic E-state index is 12.0. The van der Waals surface area contributed by atoms with E-state index in [-0.39, 0.29) is 18.6 Å². The molecule has 1 amide bonds. The second kappa shape index (κ2) is 6.60. The van der Waals surface area contributed by atoms with E-state index >= 15 is 0 Å². The van der Waals surface area contributed by atoms with E-state index in [2.05, 4.69) is 22.4 Å². The van der Waals surface area contributed by atoms with E-state index in [0.717, 1.165) is 24.2 Å². The van der Waals surface area contributed by atoms with Crippen LogP contribution in [0.2, 0.25) is 0 Å². The van der Waals surface area contributed by atoms with Crippen molar-refractivity contribution in [1.29, 1.82) is 0 Å². The molecule has 1 aromatic heterocycles. The van der Waals surface area contributed by atoms with Gasteiger partial charge in [0.15, 0.2) is 6.61 Å². The van der Waals surface area contributed by atoms with Crippen LogP contribution in [0.15, 0.2) is 42.7 Å². The molecule has 1 aliphatic carbocycles. The first-order valence-electron chi connectivity index (χ1n) is 7.66. The molecule has 114 valence electrons. The first-order chi connectivity index (χ1) is 10.7. The molecule has 4 nitrogen and oxygen atoms in total. The summed E-state index contributed by atoms with van der Waals surface area (Å²) in [6.07, 6.45) is 6.91. The number of aryl methyl sites for hydroxylation is 2. The lowest BCUT2D eigenvalue weighted by Crippen LogP contribution is -2.31. The van der Waals surface area contributed by atoms with Crippen molar-refractivity contribution in [2.45, 2.75) is 32.2 Å². The van der Waals surface area contributed by atoms with Gasteiger partial charge >= 0.3 is 0 Å². The van der Waals surface area contributed by atoms with Gasteiger partial charge in [-0.15, -0.1) is 0 Å². The number of fused-ring (bicyclic) bond motifs is 1. The quantitative estimate of drug-likeness (QED) is 0.923. The maximum absolute atomic E-state index is 12.0. The summed E-state index contributed by atoms with van der Waals surface area (Å²) < 4.78 is 5.61. The molecule has 0 aliphatic heterocycles. The van der Waals surface area contributed by atoms with E-state index in [0.29, 0.717) is 0 Å². The third-order valence-electron chi connectivity index (χ3n) is 4.02. The average molecular weight is 296 g/mol. The second-order valence-corrected chi connectivity index (χ2v) is 5.64. The number of pyridine rings is 1. The molecule has 0 radical (unpaired) electrons. The van der Waals surface area contributed by atoms with Crippen LogP contribution in [0, 0.1) is 0 Å². The lowest BCUT2D eigenvalue weighted by Gasteiger charge is -2.14. The van der Waals surface area contributed by atoms with Gasteiger partial charge in [-0.2, -0.15) is 0 Å². The molecule has 0 fully saturated rings. The van der Waals surface area contributed by atoms with Gasteiger partial charge in [0.1, 0.15) is 5.75 Å². The zero-order chi connectivity index (χ0) is 15.4. The van der Waals surface area contributed by atoms with Crippen molar-refractivity contribution < 1.29 is 9.53 Å². The van der Waals surface area contributed by atoms with Crippen molar-refractivity contribution >= 4 is 5.91 Å². The normalized spacial score (nSPS) is 14.2. The standard InChI is InChI=1S/C18H20N2O2/c1-13(14-7-9-19-10-8-14)20-18(21)12-22-17-6-5-15-3-2-4-16(15)11-17/h5-11,13H,2-4,12H2,1H3,(H,20,21). The summed E-state index contributed by atoms with van der Waals surface area (Å²) in [5.41, 5.74) is 3.78. The van der Waals surface area contributed by atoms with Crippen molar-refractivity contribution in [3.05, 3.63) is 59.4 Å². The largest absolute Gasteiger partial charge is 0.484 e. The Morgan fingerprint density at radius 3 is 2.82 bits per heavy atom. The predicted octanol–water partition coefficient (Wildman–Crippen LogP) is 2.83. The van der Waals surface area contributed by atoms with Crippen LogP contribution in [0.5, 0.6) is 5.75 Å². The SMILES string of the molecule is CC(NC(=O)COc1ccc2c(c1)CCC2)c1ccncc1. The zero-order valence-electron chi connectivity index (χ0n) is 12.7. The highest BCUT2D eigenvalue weighted by atomic mass is 16.5. The Morgan fingerprint density at radius 2 is 2.00 bits per heavy atom. The number of hydrogen-bond donors (Lipinski definition) is 1. The minimum absolute atomic E-state index is 0.0359. The monoisotopic (exact) mass is 296 g/mol. The molecule has 3 rings (SSSR count). The van der Waals surface area contributed by atoms with E-state index in [9.17, 15) is 4.79 Å². The van der Waals surface area contributed by atoms with Gasteiger partial charge in [0.25, 0.3) is 5.91 Å². The number of rotatable bonds is 5. The Morgan fingerprint density at radius 1 is 1.23 bits per heavy atom. The van der Waals surface area contributed by atoms with Crippen molar-refractivity contribution in [3.8, 4) is 5.75 Å². The average Bonchev–Trinajstić information content (AvgIpc) is 3.01. The van der Waals surface area contributed by atoms with Gasteiger partial charge in [-0.1, -0.05) is 6.07 Å². The number of carbonyl (C=O) groups excluding carboxylic acids is 1. The highest BCUT2D eigenvalue weighted by molar-refractivity contribution is 5.78. The van der Waals surface area contributed by atoms with Crippen molar-refractivity contribution in [2.75, 3.05) is 6.61 Å². The van der Waals surface area contributed by atoms with Gasteiger partial charge in [-0.25, -0.2) is 0 Å². The summed E-state index contributed by atoms with van der Waals surface area (Å²) in [7, 11) is 0. The minimum atomic E-state index is -0.121. The molecule has 1 N–H and O–H groups in total. The van der Waals surface area contributed by atoms with Crippen LogP contribution in [0.25, 0.3) is 0 Å². The Bertz CT molecular complexity index is 655. The molecule has 0 bridgehead atoms. The van der Waals surface area contributed by atoms with Crippen LogP contribution < -0.4 is 10.1 Å². The number of carbonyl (C=O) groups is 1. The Kier molecular flexibility index (Phi) is 4.37. The van der Waals surface area contributed by atoms with Gasteiger partial charge in [0.05, 0.1) is 6.04 Å². The van der Waals surface area contributed by atoms with Gasteiger partial charge in [0.2, 0.25) is 0 Å². The first-order valence-corrected chi connectivity index (χ1v) is 7.66. The first kappa shape index (κ1) is 14.6. The third kappa shape index (κ3) is 3.45. The van der Waals surface area contributed by atoms with Crippen LogP contribution in [0.3, 0.4) is 0 Å². The van der Waals surface area contributed by atoms with Crippen LogP contribution >= 0.6 is 0 Å². The van der Waals surface area contributed by atoms with E-state index in [4.69, 9.17) is 4.74 Å². The highest BCUT2D eigenvalue weighted by Gasteiger charge is 2.13. The Hall–Kier alpha value is -2.36. The van der Waals surface area contributed by atoms with Crippen LogP contribution in [-0.4, -0.2) is 17.5 Å². The Labute approximate surface area is 130 Å². The van der Waals surface area contributed by atoms with Gasteiger partial charge in [-0.3, -0.25) is 9.78 Å². The van der Waals surface area contributed by atoms with Gasteiger partial charge in [0, 0.05) is 12.4 Å². The fourth-order valence-corrected chi connectivity index (χ4v) is 2.81. The molecule has 4 heteroatoms. The number of ether oxygens (including phenoxy) is 1. The van der Waals surface area contributed by atoms with Crippen molar-refractivity contribution in [3.63, 3.8) is 0 Å². The summed E-state index contributed by atoms with van der Waals surface area (Å²) in [5, 5.41) is 2.93. The molecular weight excluding hydrogens is 276 g/mol. The summed E-state index contributed by atoms with van der Waals surface area (Å²) in [6.45, 7) is 1.98. The molecule has 1 atom stereocenters. The molecule has 0 spiro atoms. The van der Waals surface area contributed by atoms with Crippen LogP contribution in [0.1, 0.15) is 36.1 Å². The third-order valence-corrected chi connectivity index (χ3v) is 4.02. The number of nitrogens with zero attached hydrogens (tertiary/aromatic N) is 1. The summed E-state index contributed by atoms with van der Waals surface area (Å²) in [6, 6.07) is 9.85. The van der Waals surface area contributed by atoms with Crippen molar-refractivity contribution in [1.82, 2.24) is 10.3 Å². The second-order valence-electron chi connectivity index (χ2n) is 5.64. The molecular formula is C18H20N2O2. The lowest BCUT2D eigenvalue weighted by atomic mass is 10.1. The molecule has 0 saturated carbocycles. The lowest BCUT2D eigenvalue weighted by molar-refractivity contribution is -0.123. The fourth-order valence-electron chi connectivity index (χ4n) is 2.81.